The molecule has 0 saturated carbocycles. The lowest BCUT2D eigenvalue weighted by molar-refractivity contribution is 0.0707. The molecule has 1 amide bonds. The summed E-state index contributed by atoms with van der Waals surface area (Å²) in [4.78, 5) is 15.2. The summed E-state index contributed by atoms with van der Waals surface area (Å²) in [5.74, 6) is 0.226. The van der Waals surface area contributed by atoms with E-state index in [-0.39, 0.29) is 19.1 Å². The highest BCUT2D eigenvalue weighted by Crippen LogP contribution is 2.20. The molecule has 0 heterocycles. The van der Waals surface area contributed by atoms with Crippen molar-refractivity contribution in [3.63, 3.8) is 0 Å². The molecule has 0 aromatic heterocycles. The maximum Gasteiger partial charge on any atom is 0.254 e. The van der Waals surface area contributed by atoms with Crippen molar-refractivity contribution in [2.75, 3.05) is 18.9 Å². The molecule has 0 aliphatic heterocycles. The average Bonchev–Trinajstić information content (AvgIpc) is 2.60. The Bertz CT molecular complexity index is 683. The third kappa shape index (κ3) is 5.13. The zero-order valence-corrected chi connectivity index (χ0v) is 13.5. The number of aliphatic hydroxyl groups is 1. The molecule has 1 N–H and O–H groups in total. The normalized spacial score (nSPS) is 10.1. The minimum atomic E-state index is -0.123. The first-order valence-corrected chi connectivity index (χ1v) is 8.27. The number of thioether (sulfide) groups is 1. The Hall–Kier alpha value is -2.29. The Balaban J connectivity index is 2.15. The summed E-state index contributed by atoms with van der Waals surface area (Å²) in [5, 5.41) is 17.9. The standard InChI is InChI=1S/C18H18N2O2S/c19-9-12-23-17-8-4-7-16(13-17)18(22)20(10-11-21)14-15-5-2-1-3-6-15/h1-8,13,21H,10-12,14H2. The molecule has 2 aromatic rings. The molecule has 0 unspecified atom stereocenters. The summed E-state index contributed by atoms with van der Waals surface area (Å²) in [7, 11) is 0. The number of hydrogen-bond acceptors (Lipinski definition) is 4. The van der Waals surface area contributed by atoms with E-state index in [1.807, 2.05) is 42.5 Å². The first kappa shape index (κ1) is 17.1. The van der Waals surface area contributed by atoms with Gasteiger partial charge in [0.25, 0.3) is 5.91 Å². The van der Waals surface area contributed by atoms with Crippen molar-refractivity contribution in [1.82, 2.24) is 4.90 Å². The molecule has 0 spiro atoms. The van der Waals surface area contributed by atoms with E-state index >= 15 is 0 Å². The number of hydrogen-bond donors (Lipinski definition) is 1. The fourth-order valence-corrected chi connectivity index (χ4v) is 2.81. The largest absolute Gasteiger partial charge is 0.395 e. The van der Waals surface area contributed by atoms with Crippen LogP contribution in [0.4, 0.5) is 0 Å². The van der Waals surface area contributed by atoms with Gasteiger partial charge in [0.1, 0.15) is 0 Å². The molecule has 0 saturated heterocycles. The fourth-order valence-electron chi connectivity index (χ4n) is 2.19. The molecule has 2 rings (SSSR count). The Labute approximate surface area is 140 Å². The molecule has 0 aliphatic carbocycles. The predicted octanol–water partition coefficient (Wildman–Crippen LogP) is 2.94. The minimum Gasteiger partial charge on any atom is -0.395 e. The van der Waals surface area contributed by atoms with Gasteiger partial charge >= 0.3 is 0 Å². The number of amides is 1. The molecule has 23 heavy (non-hydrogen) atoms. The van der Waals surface area contributed by atoms with Gasteiger partial charge in [0, 0.05) is 23.5 Å². The van der Waals surface area contributed by atoms with Gasteiger partial charge in [0.2, 0.25) is 0 Å². The van der Waals surface area contributed by atoms with Crippen LogP contribution in [-0.2, 0) is 6.54 Å². The highest BCUT2D eigenvalue weighted by Gasteiger charge is 2.16. The summed E-state index contributed by atoms with van der Waals surface area (Å²) in [6.07, 6.45) is 0. The Morgan fingerprint density at radius 3 is 2.65 bits per heavy atom. The second-order valence-corrected chi connectivity index (χ2v) is 5.96. The van der Waals surface area contributed by atoms with E-state index in [1.165, 1.54) is 11.8 Å². The summed E-state index contributed by atoms with van der Waals surface area (Å²) in [6, 6.07) is 19.0. The van der Waals surface area contributed by atoms with Gasteiger partial charge in [-0.1, -0.05) is 36.4 Å². The molecular formula is C18H18N2O2S. The van der Waals surface area contributed by atoms with E-state index in [9.17, 15) is 9.90 Å². The summed E-state index contributed by atoms with van der Waals surface area (Å²) >= 11 is 1.40. The van der Waals surface area contributed by atoms with Gasteiger partial charge in [-0.25, -0.2) is 0 Å². The van der Waals surface area contributed by atoms with E-state index < -0.39 is 0 Å². The monoisotopic (exact) mass is 326 g/mol. The van der Waals surface area contributed by atoms with Crippen LogP contribution in [0, 0.1) is 11.3 Å². The van der Waals surface area contributed by atoms with Gasteiger partial charge in [-0.05, 0) is 23.8 Å². The van der Waals surface area contributed by atoms with Crippen LogP contribution < -0.4 is 0 Å². The minimum absolute atomic E-state index is 0.0819. The third-order valence-electron chi connectivity index (χ3n) is 3.26. The van der Waals surface area contributed by atoms with Crippen molar-refractivity contribution >= 4 is 17.7 Å². The maximum atomic E-state index is 12.7. The Morgan fingerprint density at radius 2 is 1.96 bits per heavy atom. The van der Waals surface area contributed by atoms with Gasteiger partial charge < -0.3 is 10.0 Å². The van der Waals surface area contributed by atoms with Crippen molar-refractivity contribution in [3.8, 4) is 6.07 Å². The molecular weight excluding hydrogens is 308 g/mol. The molecule has 0 atom stereocenters. The zero-order chi connectivity index (χ0) is 16.5. The molecule has 0 aliphatic rings. The summed E-state index contributed by atoms with van der Waals surface area (Å²) < 4.78 is 0. The SMILES string of the molecule is N#CCSc1cccc(C(=O)N(CCO)Cc2ccccc2)c1. The lowest BCUT2D eigenvalue weighted by atomic mass is 10.1. The molecule has 2 aromatic carbocycles. The number of aliphatic hydroxyl groups excluding tert-OH is 1. The van der Waals surface area contributed by atoms with Crippen LogP contribution in [0.5, 0.6) is 0 Å². The Kier molecular flexibility index (Phi) is 6.67. The smallest absolute Gasteiger partial charge is 0.254 e. The molecule has 0 fully saturated rings. The Morgan fingerprint density at radius 1 is 1.17 bits per heavy atom. The second-order valence-electron chi connectivity index (χ2n) is 4.91. The number of benzene rings is 2. The lowest BCUT2D eigenvalue weighted by Crippen LogP contribution is -2.33. The van der Waals surface area contributed by atoms with Crippen molar-refractivity contribution in [3.05, 3.63) is 65.7 Å². The fraction of sp³-hybridized carbons (Fsp3) is 0.222. The van der Waals surface area contributed by atoms with Crippen LogP contribution in [0.1, 0.15) is 15.9 Å². The van der Waals surface area contributed by atoms with Gasteiger partial charge in [0.05, 0.1) is 18.4 Å². The maximum absolute atomic E-state index is 12.7. The highest BCUT2D eigenvalue weighted by molar-refractivity contribution is 7.99. The van der Waals surface area contributed by atoms with Crippen LogP contribution in [0.2, 0.25) is 0 Å². The molecule has 118 valence electrons. The molecule has 0 radical (unpaired) electrons. The van der Waals surface area contributed by atoms with E-state index in [1.54, 1.807) is 17.0 Å². The van der Waals surface area contributed by atoms with Crippen LogP contribution >= 0.6 is 11.8 Å². The van der Waals surface area contributed by atoms with E-state index in [4.69, 9.17) is 5.26 Å². The van der Waals surface area contributed by atoms with Gasteiger partial charge in [0.15, 0.2) is 0 Å². The summed E-state index contributed by atoms with van der Waals surface area (Å²) in [6.45, 7) is 0.653. The third-order valence-corrected chi connectivity index (χ3v) is 4.12. The van der Waals surface area contributed by atoms with Crippen LogP contribution in [0.3, 0.4) is 0 Å². The topological polar surface area (TPSA) is 64.3 Å². The van der Waals surface area contributed by atoms with Crippen molar-refractivity contribution in [1.29, 1.82) is 5.26 Å². The zero-order valence-electron chi connectivity index (χ0n) is 12.7. The van der Waals surface area contributed by atoms with Gasteiger partial charge in [-0.15, -0.1) is 11.8 Å². The van der Waals surface area contributed by atoms with Gasteiger partial charge in [-0.3, -0.25) is 4.79 Å². The van der Waals surface area contributed by atoms with Crippen molar-refractivity contribution in [2.24, 2.45) is 0 Å². The average molecular weight is 326 g/mol. The number of nitriles is 1. The van der Waals surface area contributed by atoms with Crippen LogP contribution in [0.25, 0.3) is 0 Å². The van der Waals surface area contributed by atoms with E-state index in [0.29, 0.717) is 17.9 Å². The number of carbonyl (C=O) groups excluding carboxylic acids is 1. The quantitative estimate of drug-likeness (QED) is 0.795. The summed E-state index contributed by atoms with van der Waals surface area (Å²) in [5.41, 5.74) is 1.58. The predicted molar refractivity (Wildman–Crippen MR) is 91.0 cm³/mol. The van der Waals surface area contributed by atoms with Crippen molar-refractivity contribution < 1.29 is 9.90 Å². The number of rotatable bonds is 7. The molecule has 5 heteroatoms. The molecule has 0 bridgehead atoms. The first-order valence-electron chi connectivity index (χ1n) is 7.28. The van der Waals surface area contributed by atoms with E-state index in [2.05, 4.69) is 6.07 Å². The number of nitrogens with zero attached hydrogens (tertiary/aromatic N) is 2. The van der Waals surface area contributed by atoms with E-state index in [0.717, 1.165) is 10.5 Å². The van der Waals surface area contributed by atoms with Gasteiger partial charge in [-0.2, -0.15) is 5.26 Å². The molecule has 4 nitrogen and oxygen atoms in total. The first-order chi connectivity index (χ1) is 11.2. The van der Waals surface area contributed by atoms with Crippen LogP contribution in [-0.4, -0.2) is 34.8 Å². The second kappa shape index (κ2) is 8.99. The van der Waals surface area contributed by atoms with Crippen LogP contribution in [0.15, 0.2) is 59.5 Å². The lowest BCUT2D eigenvalue weighted by Gasteiger charge is -2.22. The number of carbonyl (C=O) groups is 1. The van der Waals surface area contributed by atoms with Crippen molar-refractivity contribution in [2.45, 2.75) is 11.4 Å². The highest BCUT2D eigenvalue weighted by atomic mass is 32.2.